The SMILES string of the molecule is COc1ccc(S(=O)(=O)Nc2ccc(N3CCCS3(=O)=O)cc2)cc1. The van der Waals surface area contributed by atoms with Gasteiger partial charge in [-0.25, -0.2) is 16.8 Å². The Balaban J connectivity index is 1.78. The molecule has 0 saturated carbocycles. The molecule has 0 unspecified atom stereocenters. The number of benzene rings is 2. The maximum absolute atomic E-state index is 12.4. The minimum absolute atomic E-state index is 0.111. The summed E-state index contributed by atoms with van der Waals surface area (Å²) in [7, 11) is -5.48. The number of hydrogen-bond acceptors (Lipinski definition) is 5. The molecule has 0 aromatic heterocycles. The molecule has 2 aromatic rings. The quantitative estimate of drug-likeness (QED) is 0.854. The number of ether oxygens (including phenoxy) is 1. The van der Waals surface area contributed by atoms with Crippen molar-refractivity contribution in [3.05, 3.63) is 48.5 Å². The average Bonchev–Trinajstić information content (AvgIpc) is 2.94. The van der Waals surface area contributed by atoms with E-state index in [2.05, 4.69) is 4.72 Å². The van der Waals surface area contributed by atoms with Crippen LogP contribution < -0.4 is 13.8 Å². The lowest BCUT2D eigenvalue weighted by Crippen LogP contribution is -2.25. The molecule has 1 aliphatic rings. The van der Waals surface area contributed by atoms with Crippen molar-refractivity contribution in [1.29, 1.82) is 0 Å². The van der Waals surface area contributed by atoms with Gasteiger partial charge in [-0.3, -0.25) is 9.03 Å². The lowest BCUT2D eigenvalue weighted by Gasteiger charge is -2.17. The number of nitrogens with one attached hydrogen (secondary N) is 1. The van der Waals surface area contributed by atoms with Crippen molar-refractivity contribution in [2.45, 2.75) is 11.3 Å². The largest absolute Gasteiger partial charge is 0.497 e. The second kappa shape index (κ2) is 6.57. The third-order valence-electron chi connectivity index (χ3n) is 3.88. The molecule has 0 radical (unpaired) electrons. The van der Waals surface area contributed by atoms with E-state index in [0.717, 1.165) is 0 Å². The Kier molecular flexibility index (Phi) is 4.61. The molecule has 1 fully saturated rings. The fourth-order valence-corrected chi connectivity index (χ4v) is 5.22. The van der Waals surface area contributed by atoms with E-state index in [1.807, 2.05) is 0 Å². The van der Waals surface area contributed by atoms with Gasteiger partial charge in [-0.05, 0) is 55.0 Å². The minimum Gasteiger partial charge on any atom is -0.497 e. The standard InChI is InChI=1S/C16H18N2O5S2/c1-23-15-7-9-16(10-8-15)25(21,22)17-13-3-5-14(6-4-13)18-11-2-12-24(18,19)20/h3-10,17H,2,11-12H2,1H3. The van der Waals surface area contributed by atoms with Gasteiger partial charge in [0.2, 0.25) is 10.0 Å². The first-order valence-electron chi connectivity index (χ1n) is 7.59. The summed E-state index contributed by atoms with van der Waals surface area (Å²) in [5, 5.41) is 0. The Hall–Kier alpha value is -2.26. The van der Waals surface area contributed by atoms with Crippen LogP contribution in [0.3, 0.4) is 0 Å². The molecule has 3 rings (SSSR count). The maximum Gasteiger partial charge on any atom is 0.261 e. The Morgan fingerprint density at radius 1 is 1.04 bits per heavy atom. The van der Waals surface area contributed by atoms with E-state index in [1.54, 1.807) is 36.4 Å². The molecule has 0 aliphatic carbocycles. The molecule has 0 spiro atoms. The van der Waals surface area contributed by atoms with Crippen LogP contribution in [0.25, 0.3) is 0 Å². The smallest absolute Gasteiger partial charge is 0.261 e. The molecule has 7 nitrogen and oxygen atoms in total. The Morgan fingerprint density at radius 3 is 2.20 bits per heavy atom. The maximum atomic E-state index is 12.4. The number of sulfonamides is 2. The van der Waals surface area contributed by atoms with Crippen molar-refractivity contribution in [3.8, 4) is 5.75 Å². The summed E-state index contributed by atoms with van der Waals surface area (Å²) in [6.45, 7) is 0.444. The van der Waals surface area contributed by atoms with Gasteiger partial charge in [0.1, 0.15) is 5.75 Å². The van der Waals surface area contributed by atoms with Crippen molar-refractivity contribution in [3.63, 3.8) is 0 Å². The van der Waals surface area contributed by atoms with Crippen molar-refractivity contribution in [1.82, 2.24) is 0 Å². The zero-order chi connectivity index (χ0) is 18.1. The first-order valence-corrected chi connectivity index (χ1v) is 10.7. The van der Waals surface area contributed by atoms with Gasteiger partial charge in [-0.15, -0.1) is 0 Å². The number of methoxy groups -OCH3 is 1. The predicted octanol–water partition coefficient (Wildman–Crippen LogP) is 2.04. The molecule has 0 amide bonds. The second-order valence-electron chi connectivity index (χ2n) is 5.57. The molecular formula is C16H18N2O5S2. The molecule has 9 heteroatoms. The number of rotatable bonds is 5. The molecule has 1 heterocycles. The molecule has 134 valence electrons. The van der Waals surface area contributed by atoms with Gasteiger partial charge < -0.3 is 4.74 Å². The molecule has 2 aromatic carbocycles. The van der Waals surface area contributed by atoms with Gasteiger partial charge in [-0.2, -0.15) is 0 Å². The summed E-state index contributed by atoms with van der Waals surface area (Å²) < 4.78 is 57.4. The van der Waals surface area contributed by atoms with Gasteiger partial charge in [-0.1, -0.05) is 0 Å². The highest BCUT2D eigenvalue weighted by molar-refractivity contribution is 7.93. The minimum atomic E-state index is -3.73. The van der Waals surface area contributed by atoms with Crippen LogP contribution in [0.1, 0.15) is 6.42 Å². The fourth-order valence-electron chi connectivity index (χ4n) is 2.59. The second-order valence-corrected chi connectivity index (χ2v) is 9.26. The molecule has 0 atom stereocenters. The summed E-state index contributed by atoms with van der Waals surface area (Å²) in [6, 6.07) is 12.3. The van der Waals surface area contributed by atoms with Crippen molar-refractivity contribution < 1.29 is 21.6 Å². The zero-order valence-corrected chi connectivity index (χ0v) is 15.2. The van der Waals surface area contributed by atoms with Crippen molar-refractivity contribution in [2.75, 3.05) is 28.4 Å². The van der Waals surface area contributed by atoms with Crippen LogP contribution >= 0.6 is 0 Å². The number of anilines is 2. The van der Waals surface area contributed by atoms with Crippen LogP contribution in [-0.2, 0) is 20.0 Å². The summed E-state index contributed by atoms with van der Waals surface area (Å²) in [5.74, 6) is 0.703. The van der Waals surface area contributed by atoms with Crippen LogP contribution in [0.5, 0.6) is 5.75 Å². The number of nitrogens with zero attached hydrogens (tertiary/aromatic N) is 1. The van der Waals surface area contributed by atoms with Crippen molar-refractivity contribution in [2.24, 2.45) is 0 Å². The molecular weight excluding hydrogens is 364 g/mol. The van der Waals surface area contributed by atoms with Gasteiger partial charge in [0.15, 0.2) is 0 Å². The molecule has 1 aliphatic heterocycles. The zero-order valence-electron chi connectivity index (χ0n) is 13.5. The van der Waals surface area contributed by atoms with E-state index in [0.29, 0.717) is 30.1 Å². The van der Waals surface area contributed by atoms with Crippen LogP contribution in [0.2, 0.25) is 0 Å². The normalized spacial score (nSPS) is 16.6. The first kappa shape index (κ1) is 17.6. The summed E-state index contributed by atoms with van der Waals surface area (Å²) in [5.41, 5.74) is 0.890. The Bertz CT molecular complexity index is 953. The molecule has 1 N–H and O–H groups in total. The van der Waals surface area contributed by atoms with E-state index in [4.69, 9.17) is 4.74 Å². The van der Waals surface area contributed by atoms with E-state index >= 15 is 0 Å². The third kappa shape index (κ3) is 3.72. The summed E-state index contributed by atoms with van der Waals surface area (Å²) >= 11 is 0. The summed E-state index contributed by atoms with van der Waals surface area (Å²) in [6.07, 6.45) is 0.591. The highest BCUT2D eigenvalue weighted by Gasteiger charge is 2.28. The van der Waals surface area contributed by atoms with Gasteiger partial charge in [0.25, 0.3) is 10.0 Å². The van der Waals surface area contributed by atoms with Crippen LogP contribution in [0.15, 0.2) is 53.4 Å². The van der Waals surface area contributed by atoms with Crippen LogP contribution in [-0.4, -0.2) is 36.2 Å². The van der Waals surface area contributed by atoms with E-state index in [-0.39, 0.29) is 10.6 Å². The van der Waals surface area contributed by atoms with Crippen LogP contribution in [0.4, 0.5) is 11.4 Å². The highest BCUT2D eigenvalue weighted by Crippen LogP contribution is 2.26. The van der Waals surface area contributed by atoms with Gasteiger partial charge in [0, 0.05) is 12.2 Å². The average molecular weight is 382 g/mol. The number of hydrogen-bond donors (Lipinski definition) is 1. The Labute approximate surface area is 147 Å². The molecule has 25 heavy (non-hydrogen) atoms. The lowest BCUT2D eigenvalue weighted by atomic mass is 10.3. The predicted molar refractivity (Wildman–Crippen MR) is 96.0 cm³/mol. The van der Waals surface area contributed by atoms with E-state index < -0.39 is 20.0 Å². The summed E-state index contributed by atoms with van der Waals surface area (Å²) in [4.78, 5) is 0.111. The van der Waals surface area contributed by atoms with Crippen molar-refractivity contribution >= 4 is 31.4 Å². The monoisotopic (exact) mass is 382 g/mol. The van der Waals surface area contributed by atoms with Crippen LogP contribution in [0, 0.1) is 0 Å². The molecule has 1 saturated heterocycles. The topological polar surface area (TPSA) is 92.8 Å². The van der Waals surface area contributed by atoms with Gasteiger partial charge in [0.05, 0.1) is 23.4 Å². The van der Waals surface area contributed by atoms with Gasteiger partial charge >= 0.3 is 0 Å². The van der Waals surface area contributed by atoms with E-state index in [9.17, 15) is 16.8 Å². The highest BCUT2D eigenvalue weighted by atomic mass is 32.2. The molecule has 0 bridgehead atoms. The third-order valence-corrected chi connectivity index (χ3v) is 7.14. The Morgan fingerprint density at radius 2 is 1.68 bits per heavy atom. The lowest BCUT2D eigenvalue weighted by molar-refractivity contribution is 0.414. The fraction of sp³-hybridized carbons (Fsp3) is 0.250. The first-order chi connectivity index (χ1) is 11.8. The van der Waals surface area contributed by atoms with E-state index in [1.165, 1.54) is 23.5 Å².